The molecule has 2 heterocycles. The van der Waals surface area contributed by atoms with Gasteiger partial charge < -0.3 is 5.32 Å². The fourth-order valence-corrected chi connectivity index (χ4v) is 2.36. The molecule has 0 saturated carbocycles. The molecular weight excluding hydrogens is 238 g/mol. The molecule has 0 saturated heterocycles. The Morgan fingerprint density at radius 1 is 1.37 bits per heavy atom. The second kappa shape index (κ2) is 5.21. The van der Waals surface area contributed by atoms with Crippen molar-refractivity contribution in [1.29, 1.82) is 5.26 Å². The summed E-state index contributed by atoms with van der Waals surface area (Å²) in [4.78, 5) is 4.22. The Morgan fingerprint density at radius 2 is 2.21 bits per heavy atom. The minimum Gasteiger partial charge on any atom is -0.308 e. The zero-order chi connectivity index (χ0) is 13.1. The van der Waals surface area contributed by atoms with Crippen LogP contribution in [0, 0.1) is 11.3 Å². The SMILES string of the molecule is N#Cc1ccc(CNC2CCc3ncnn3C2)cc1. The van der Waals surface area contributed by atoms with E-state index in [1.54, 1.807) is 6.33 Å². The lowest BCUT2D eigenvalue weighted by Gasteiger charge is -2.23. The van der Waals surface area contributed by atoms with Gasteiger partial charge in [0.25, 0.3) is 0 Å². The van der Waals surface area contributed by atoms with E-state index in [0.717, 1.165) is 31.8 Å². The molecule has 19 heavy (non-hydrogen) atoms. The molecule has 0 bridgehead atoms. The Kier molecular flexibility index (Phi) is 3.25. The molecule has 0 fully saturated rings. The van der Waals surface area contributed by atoms with E-state index in [9.17, 15) is 0 Å². The highest BCUT2D eigenvalue weighted by Gasteiger charge is 2.18. The Hall–Kier alpha value is -2.19. The van der Waals surface area contributed by atoms with Crippen LogP contribution in [-0.4, -0.2) is 20.8 Å². The van der Waals surface area contributed by atoms with Crippen LogP contribution in [0.2, 0.25) is 0 Å². The van der Waals surface area contributed by atoms with Crippen molar-refractivity contribution >= 4 is 0 Å². The normalized spacial score (nSPS) is 17.7. The smallest absolute Gasteiger partial charge is 0.138 e. The first-order valence-electron chi connectivity index (χ1n) is 6.44. The molecule has 0 amide bonds. The Morgan fingerprint density at radius 3 is 3.00 bits per heavy atom. The maximum Gasteiger partial charge on any atom is 0.138 e. The van der Waals surface area contributed by atoms with E-state index in [4.69, 9.17) is 5.26 Å². The number of benzene rings is 1. The molecular formula is C14H15N5. The molecule has 1 aliphatic rings. The number of aromatic nitrogens is 3. The van der Waals surface area contributed by atoms with Crippen molar-refractivity contribution in [3.05, 3.63) is 47.5 Å². The van der Waals surface area contributed by atoms with Crippen molar-refractivity contribution in [1.82, 2.24) is 20.1 Å². The van der Waals surface area contributed by atoms with E-state index in [-0.39, 0.29) is 0 Å². The molecule has 96 valence electrons. The summed E-state index contributed by atoms with van der Waals surface area (Å²) in [7, 11) is 0. The number of nitrogens with one attached hydrogen (secondary N) is 1. The summed E-state index contributed by atoms with van der Waals surface area (Å²) in [5.74, 6) is 1.08. The predicted octanol–water partition coefficient (Wildman–Crippen LogP) is 1.25. The minimum atomic E-state index is 0.435. The molecule has 1 unspecified atom stereocenters. The Labute approximate surface area is 111 Å². The van der Waals surface area contributed by atoms with E-state index in [2.05, 4.69) is 21.5 Å². The van der Waals surface area contributed by atoms with Gasteiger partial charge in [0, 0.05) is 19.0 Å². The van der Waals surface area contributed by atoms with Crippen LogP contribution in [0.4, 0.5) is 0 Å². The van der Waals surface area contributed by atoms with Crippen LogP contribution in [0.25, 0.3) is 0 Å². The van der Waals surface area contributed by atoms with Gasteiger partial charge in [0.05, 0.1) is 18.2 Å². The summed E-state index contributed by atoms with van der Waals surface area (Å²) in [6.07, 6.45) is 3.69. The highest BCUT2D eigenvalue weighted by Crippen LogP contribution is 2.12. The number of hydrogen-bond acceptors (Lipinski definition) is 4. The number of nitrogens with zero attached hydrogens (tertiary/aromatic N) is 4. The summed E-state index contributed by atoms with van der Waals surface area (Å²) in [6, 6.07) is 10.3. The van der Waals surface area contributed by atoms with Crippen LogP contribution >= 0.6 is 0 Å². The standard InChI is InChI=1S/C14H15N5/c15-7-11-1-3-12(4-2-11)8-16-13-5-6-14-17-10-18-19(14)9-13/h1-4,10,13,16H,5-6,8-9H2. The molecule has 3 rings (SSSR count). The van der Waals surface area contributed by atoms with Gasteiger partial charge in [-0.25, -0.2) is 9.67 Å². The molecule has 2 aromatic rings. The first-order chi connectivity index (χ1) is 9.35. The van der Waals surface area contributed by atoms with E-state index < -0.39 is 0 Å². The quantitative estimate of drug-likeness (QED) is 0.894. The largest absolute Gasteiger partial charge is 0.308 e. The number of hydrogen-bond donors (Lipinski definition) is 1. The Bertz CT molecular complexity index is 593. The molecule has 0 aliphatic carbocycles. The lowest BCUT2D eigenvalue weighted by atomic mass is 10.1. The third kappa shape index (κ3) is 2.64. The summed E-state index contributed by atoms with van der Waals surface area (Å²) >= 11 is 0. The summed E-state index contributed by atoms with van der Waals surface area (Å²) < 4.78 is 1.97. The van der Waals surface area contributed by atoms with Crippen LogP contribution in [0.15, 0.2) is 30.6 Å². The second-order valence-electron chi connectivity index (χ2n) is 4.78. The molecule has 1 N–H and O–H groups in total. The lowest BCUT2D eigenvalue weighted by Crippen LogP contribution is -2.37. The topological polar surface area (TPSA) is 66.5 Å². The van der Waals surface area contributed by atoms with Crippen molar-refractivity contribution < 1.29 is 0 Å². The van der Waals surface area contributed by atoms with Crippen LogP contribution in [0.5, 0.6) is 0 Å². The third-order valence-electron chi connectivity index (χ3n) is 3.48. The van der Waals surface area contributed by atoms with Gasteiger partial charge in [-0.1, -0.05) is 12.1 Å². The minimum absolute atomic E-state index is 0.435. The first-order valence-corrected chi connectivity index (χ1v) is 6.44. The van der Waals surface area contributed by atoms with Gasteiger partial charge in [-0.3, -0.25) is 0 Å². The highest BCUT2D eigenvalue weighted by molar-refractivity contribution is 5.31. The molecule has 1 aliphatic heterocycles. The number of rotatable bonds is 3. The van der Waals surface area contributed by atoms with Gasteiger partial charge in [0.1, 0.15) is 12.2 Å². The summed E-state index contributed by atoms with van der Waals surface area (Å²) in [5.41, 5.74) is 1.90. The van der Waals surface area contributed by atoms with Crippen molar-refractivity contribution in [2.45, 2.75) is 32.0 Å². The van der Waals surface area contributed by atoms with E-state index in [1.807, 2.05) is 28.9 Å². The fourth-order valence-electron chi connectivity index (χ4n) is 2.36. The summed E-state index contributed by atoms with van der Waals surface area (Å²) in [5, 5.41) is 16.5. The van der Waals surface area contributed by atoms with Crippen LogP contribution < -0.4 is 5.32 Å². The third-order valence-corrected chi connectivity index (χ3v) is 3.48. The number of fused-ring (bicyclic) bond motifs is 1. The van der Waals surface area contributed by atoms with Crippen molar-refractivity contribution in [2.24, 2.45) is 0 Å². The van der Waals surface area contributed by atoms with Crippen LogP contribution in [0.3, 0.4) is 0 Å². The van der Waals surface area contributed by atoms with E-state index >= 15 is 0 Å². The molecule has 5 nitrogen and oxygen atoms in total. The number of nitriles is 1. The van der Waals surface area contributed by atoms with Crippen molar-refractivity contribution in [3.8, 4) is 6.07 Å². The first kappa shape index (κ1) is 11.9. The van der Waals surface area contributed by atoms with Gasteiger partial charge in [-0.15, -0.1) is 0 Å². The predicted molar refractivity (Wildman–Crippen MR) is 70.1 cm³/mol. The Balaban J connectivity index is 1.57. The van der Waals surface area contributed by atoms with E-state index in [0.29, 0.717) is 11.6 Å². The van der Waals surface area contributed by atoms with Crippen molar-refractivity contribution in [3.63, 3.8) is 0 Å². The van der Waals surface area contributed by atoms with Crippen LogP contribution in [0.1, 0.15) is 23.4 Å². The molecule has 0 radical (unpaired) electrons. The highest BCUT2D eigenvalue weighted by atomic mass is 15.3. The average molecular weight is 253 g/mol. The molecule has 0 spiro atoms. The van der Waals surface area contributed by atoms with Gasteiger partial charge in [-0.05, 0) is 24.1 Å². The maximum absolute atomic E-state index is 8.75. The summed E-state index contributed by atoms with van der Waals surface area (Å²) in [6.45, 7) is 1.70. The zero-order valence-electron chi connectivity index (χ0n) is 10.6. The second-order valence-corrected chi connectivity index (χ2v) is 4.78. The number of aryl methyl sites for hydroxylation is 1. The molecule has 1 aromatic heterocycles. The van der Waals surface area contributed by atoms with E-state index in [1.165, 1.54) is 5.56 Å². The van der Waals surface area contributed by atoms with Crippen molar-refractivity contribution in [2.75, 3.05) is 0 Å². The van der Waals surface area contributed by atoms with Gasteiger partial charge >= 0.3 is 0 Å². The molecule has 1 aromatic carbocycles. The average Bonchev–Trinajstić information content (AvgIpc) is 2.93. The van der Waals surface area contributed by atoms with Gasteiger partial charge in [0.2, 0.25) is 0 Å². The molecule has 5 heteroatoms. The monoisotopic (exact) mass is 253 g/mol. The zero-order valence-corrected chi connectivity index (χ0v) is 10.6. The van der Waals surface area contributed by atoms with Gasteiger partial charge in [-0.2, -0.15) is 10.4 Å². The maximum atomic E-state index is 8.75. The fraction of sp³-hybridized carbons (Fsp3) is 0.357. The van der Waals surface area contributed by atoms with Gasteiger partial charge in [0.15, 0.2) is 0 Å². The van der Waals surface area contributed by atoms with Crippen LogP contribution in [-0.2, 0) is 19.5 Å². The molecule has 1 atom stereocenters. The lowest BCUT2D eigenvalue weighted by molar-refractivity contribution is 0.358.